The topological polar surface area (TPSA) is 52.9 Å². The summed E-state index contributed by atoms with van der Waals surface area (Å²) in [4.78, 5) is 11.1. The van der Waals surface area contributed by atoms with Gasteiger partial charge in [0.2, 0.25) is 5.91 Å². The molecule has 0 aromatic heterocycles. The van der Waals surface area contributed by atoms with Crippen LogP contribution in [0.1, 0.15) is 41.0 Å². The van der Waals surface area contributed by atoms with Crippen molar-refractivity contribution in [1.29, 1.82) is 5.26 Å². The molecular formula is C12H22N2O. The van der Waals surface area contributed by atoms with E-state index in [0.29, 0.717) is 18.4 Å². The van der Waals surface area contributed by atoms with Gasteiger partial charge in [0.15, 0.2) is 0 Å². The lowest BCUT2D eigenvalue weighted by atomic mass is 9.74. The minimum absolute atomic E-state index is 0.0495. The molecule has 0 saturated carbocycles. The Kier molecular flexibility index (Phi) is 5.35. The van der Waals surface area contributed by atoms with E-state index in [-0.39, 0.29) is 17.7 Å². The lowest BCUT2D eigenvalue weighted by Gasteiger charge is -2.34. The molecule has 0 aromatic rings. The van der Waals surface area contributed by atoms with Crippen LogP contribution in [0.4, 0.5) is 0 Å². The first-order chi connectivity index (χ1) is 6.81. The molecule has 0 unspecified atom stereocenters. The Morgan fingerprint density at radius 3 is 2.33 bits per heavy atom. The fourth-order valence-corrected chi connectivity index (χ4v) is 1.52. The molecule has 3 heteroatoms. The SMILES string of the molecule is CC(C)[C@H](C)C(C)(C)CNC(=O)CC#N. The van der Waals surface area contributed by atoms with Crippen LogP contribution >= 0.6 is 0 Å². The van der Waals surface area contributed by atoms with E-state index in [2.05, 4.69) is 39.9 Å². The third-order valence-electron chi connectivity index (χ3n) is 3.21. The highest BCUT2D eigenvalue weighted by Gasteiger charge is 2.28. The molecule has 0 aliphatic heterocycles. The minimum atomic E-state index is -0.179. The number of amides is 1. The molecule has 0 saturated heterocycles. The van der Waals surface area contributed by atoms with Crippen molar-refractivity contribution in [2.24, 2.45) is 17.3 Å². The summed E-state index contributed by atoms with van der Waals surface area (Å²) in [5.74, 6) is 0.939. The number of nitriles is 1. The predicted molar refractivity (Wildman–Crippen MR) is 61.0 cm³/mol. The Morgan fingerprint density at radius 1 is 1.40 bits per heavy atom. The Bertz CT molecular complexity index is 251. The zero-order valence-electron chi connectivity index (χ0n) is 10.4. The van der Waals surface area contributed by atoms with Crippen LogP contribution in [-0.2, 0) is 4.79 Å². The van der Waals surface area contributed by atoms with Gasteiger partial charge in [0.25, 0.3) is 0 Å². The molecule has 1 amide bonds. The van der Waals surface area contributed by atoms with Crippen LogP contribution in [0.25, 0.3) is 0 Å². The van der Waals surface area contributed by atoms with Gasteiger partial charge in [-0.3, -0.25) is 4.79 Å². The molecule has 0 bridgehead atoms. The van der Waals surface area contributed by atoms with E-state index in [9.17, 15) is 4.79 Å². The molecular weight excluding hydrogens is 188 g/mol. The van der Waals surface area contributed by atoms with Crippen molar-refractivity contribution in [3.8, 4) is 6.07 Å². The summed E-state index contributed by atoms with van der Waals surface area (Å²) in [5.41, 5.74) is 0.0687. The van der Waals surface area contributed by atoms with Crippen LogP contribution in [0.3, 0.4) is 0 Å². The Morgan fingerprint density at radius 2 is 1.93 bits per heavy atom. The average molecular weight is 210 g/mol. The highest BCUT2D eigenvalue weighted by molar-refractivity contribution is 5.77. The third-order valence-corrected chi connectivity index (χ3v) is 3.21. The summed E-state index contributed by atoms with van der Waals surface area (Å²) in [6, 6.07) is 1.84. The first-order valence-corrected chi connectivity index (χ1v) is 5.45. The van der Waals surface area contributed by atoms with Crippen molar-refractivity contribution < 1.29 is 4.79 Å². The molecule has 86 valence electrons. The lowest BCUT2D eigenvalue weighted by Crippen LogP contribution is -2.39. The van der Waals surface area contributed by atoms with Gasteiger partial charge in [-0.25, -0.2) is 0 Å². The summed E-state index contributed by atoms with van der Waals surface area (Å²) in [7, 11) is 0. The monoisotopic (exact) mass is 210 g/mol. The summed E-state index contributed by atoms with van der Waals surface area (Å²) in [6.07, 6.45) is -0.0495. The molecule has 3 nitrogen and oxygen atoms in total. The largest absolute Gasteiger partial charge is 0.355 e. The summed E-state index contributed by atoms with van der Waals surface area (Å²) >= 11 is 0. The van der Waals surface area contributed by atoms with Crippen molar-refractivity contribution in [3.63, 3.8) is 0 Å². The number of hydrogen-bond acceptors (Lipinski definition) is 2. The molecule has 0 aliphatic rings. The number of hydrogen-bond donors (Lipinski definition) is 1. The first-order valence-electron chi connectivity index (χ1n) is 5.45. The molecule has 1 N–H and O–H groups in total. The van der Waals surface area contributed by atoms with E-state index in [1.165, 1.54) is 0 Å². The van der Waals surface area contributed by atoms with Gasteiger partial charge in [-0.05, 0) is 17.3 Å². The fourth-order valence-electron chi connectivity index (χ4n) is 1.52. The molecule has 0 aliphatic carbocycles. The van der Waals surface area contributed by atoms with E-state index in [1.807, 2.05) is 6.07 Å². The van der Waals surface area contributed by atoms with E-state index < -0.39 is 0 Å². The quantitative estimate of drug-likeness (QED) is 0.757. The lowest BCUT2D eigenvalue weighted by molar-refractivity contribution is -0.120. The van der Waals surface area contributed by atoms with Gasteiger partial charge in [0.1, 0.15) is 6.42 Å². The Balaban J connectivity index is 4.16. The van der Waals surface area contributed by atoms with Gasteiger partial charge < -0.3 is 5.32 Å². The van der Waals surface area contributed by atoms with Crippen LogP contribution in [0.2, 0.25) is 0 Å². The molecule has 0 heterocycles. The van der Waals surface area contributed by atoms with Crippen molar-refractivity contribution in [2.75, 3.05) is 6.54 Å². The van der Waals surface area contributed by atoms with Gasteiger partial charge in [0, 0.05) is 6.54 Å². The summed E-state index contributed by atoms with van der Waals surface area (Å²) in [5, 5.41) is 11.2. The molecule has 0 radical (unpaired) electrons. The Labute approximate surface area is 92.9 Å². The summed E-state index contributed by atoms with van der Waals surface area (Å²) < 4.78 is 0. The zero-order valence-corrected chi connectivity index (χ0v) is 10.4. The Hall–Kier alpha value is -1.04. The van der Waals surface area contributed by atoms with Crippen molar-refractivity contribution in [2.45, 2.75) is 41.0 Å². The zero-order chi connectivity index (χ0) is 12.1. The van der Waals surface area contributed by atoms with Gasteiger partial charge in [0.05, 0.1) is 6.07 Å². The molecule has 0 fully saturated rings. The third kappa shape index (κ3) is 4.83. The van der Waals surface area contributed by atoms with E-state index in [1.54, 1.807) is 0 Å². The van der Waals surface area contributed by atoms with Crippen LogP contribution in [-0.4, -0.2) is 12.5 Å². The van der Waals surface area contributed by atoms with Gasteiger partial charge in [-0.15, -0.1) is 0 Å². The van der Waals surface area contributed by atoms with E-state index in [4.69, 9.17) is 5.26 Å². The predicted octanol–water partition coefficient (Wildman–Crippen LogP) is 2.33. The van der Waals surface area contributed by atoms with Crippen molar-refractivity contribution >= 4 is 5.91 Å². The maximum Gasteiger partial charge on any atom is 0.234 e. The van der Waals surface area contributed by atoms with E-state index >= 15 is 0 Å². The minimum Gasteiger partial charge on any atom is -0.355 e. The second kappa shape index (κ2) is 5.75. The van der Waals surface area contributed by atoms with Gasteiger partial charge in [-0.2, -0.15) is 5.26 Å². The molecule has 1 atom stereocenters. The molecule has 0 rings (SSSR count). The van der Waals surface area contributed by atoms with E-state index in [0.717, 1.165) is 0 Å². The smallest absolute Gasteiger partial charge is 0.234 e. The number of carbonyl (C=O) groups is 1. The summed E-state index contributed by atoms with van der Waals surface area (Å²) in [6.45, 7) is 11.5. The van der Waals surface area contributed by atoms with Crippen LogP contribution in [0.15, 0.2) is 0 Å². The highest BCUT2D eigenvalue weighted by atomic mass is 16.1. The molecule has 0 aromatic carbocycles. The second-order valence-electron chi connectivity index (χ2n) is 5.13. The average Bonchev–Trinajstić information content (AvgIpc) is 2.14. The van der Waals surface area contributed by atoms with Crippen molar-refractivity contribution in [3.05, 3.63) is 0 Å². The van der Waals surface area contributed by atoms with Crippen LogP contribution in [0.5, 0.6) is 0 Å². The maximum absolute atomic E-state index is 11.1. The van der Waals surface area contributed by atoms with Crippen LogP contribution < -0.4 is 5.32 Å². The maximum atomic E-state index is 11.1. The number of nitrogens with one attached hydrogen (secondary N) is 1. The number of carbonyl (C=O) groups excluding carboxylic acids is 1. The second-order valence-corrected chi connectivity index (χ2v) is 5.13. The number of rotatable bonds is 5. The highest BCUT2D eigenvalue weighted by Crippen LogP contribution is 2.31. The van der Waals surface area contributed by atoms with Gasteiger partial charge >= 0.3 is 0 Å². The fraction of sp³-hybridized carbons (Fsp3) is 0.833. The molecule has 0 spiro atoms. The standard InChI is InChI=1S/C12H22N2O/c1-9(2)10(3)12(4,5)8-14-11(15)6-7-13/h9-10H,6,8H2,1-5H3,(H,14,15)/t10-/m0/s1. The first kappa shape index (κ1) is 14.0. The number of nitrogens with zero attached hydrogens (tertiary/aromatic N) is 1. The van der Waals surface area contributed by atoms with Crippen LogP contribution in [0, 0.1) is 28.6 Å². The molecule has 15 heavy (non-hydrogen) atoms. The van der Waals surface area contributed by atoms with Gasteiger partial charge in [-0.1, -0.05) is 34.6 Å². The van der Waals surface area contributed by atoms with Crippen molar-refractivity contribution in [1.82, 2.24) is 5.32 Å². The normalized spacial score (nSPS) is 13.4.